The number of anilines is 1. The van der Waals surface area contributed by atoms with Gasteiger partial charge in [-0.2, -0.15) is 4.98 Å². The van der Waals surface area contributed by atoms with E-state index in [1.54, 1.807) is 10.9 Å². The summed E-state index contributed by atoms with van der Waals surface area (Å²) < 4.78 is 1.68. The molecule has 1 saturated carbocycles. The van der Waals surface area contributed by atoms with Crippen LogP contribution in [0.2, 0.25) is 0 Å². The predicted molar refractivity (Wildman–Crippen MR) is 78.8 cm³/mol. The van der Waals surface area contributed by atoms with Gasteiger partial charge in [-0.15, -0.1) is 5.10 Å². The zero-order chi connectivity index (χ0) is 14.4. The van der Waals surface area contributed by atoms with E-state index in [0.717, 1.165) is 12.0 Å². The fraction of sp³-hybridized carbons (Fsp3) is 0.400. The van der Waals surface area contributed by atoms with E-state index in [9.17, 15) is 5.21 Å². The van der Waals surface area contributed by atoms with Crippen molar-refractivity contribution in [3.05, 3.63) is 29.6 Å². The second-order valence-electron chi connectivity index (χ2n) is 5.65. The van der Waals surface area contributed by atoms with Crippen LogP contribution in [-0.4, -0.2) is 25.0 Å². The fourth-order valence-electron chi connectivity index (χ4n) is 3.06. The van der Waals surface area contributed by atoms with Crippen molar-refractivity contribution in [3.63, 3.8) is 0 Å². The molecular formula is C15H17N5O. The van der Waals surface area contributed by atoms with Gasteiger partial charge in [0.15, 0.2) is 5.82 Å². The molecule has 0 saturated heterocycles. The second kappa shape index (κ2) is 4.66. The minimum atomic E-state index is 0.369. The van der Waals surface area contributed by atoms with Crippen molar-refractivity contribution >= 4 is 12.0 Å². The first-order valence-electron chi connectivity index (χ1n) is 7.33. The number of fused-ring (bicyclic) bond motifs is 3. The highest BCUT2D eigenvalue weighted by Gasteiger charge is 2.40. The van der Waals surface area contributed by atoms with Crippen molar-refractivity contribution < 1.29 is 5.21 Å². The third-order valence-corrected chi connectivity index (χ3v) is 4.22. The van der Waals surface area contributed by atoms with E-state index >= 15 is 0 Å². The number of rotatable bonds is 4. The maximum Gasteiger partial charge on any atom is 0.245 e. The van der Waals surface area contributed by atoms with Gasteiger partial charge in [0.05, 0.1) is 0 Å². The van der Waals surface area contributed by atoms with Crippen LogP contribution in [0.1, 0.15) is 36.8 Å². The molecule has 6 heteroatoms. The normalized spacial score (nSPS) is 21.8. The summed E-state index contributed by atoms with van der Waals surface area (Å²) in [6.07, 6.45) is 10.3. The molecule has 0 aliphatic heterocycles. The maximum atomic E-state index is 9.19. The Hall–Kier alpha value is -2.21. The first-order valence-corrected chi connectivity index (χ1v) is 7.33. The lowest BCUT2D eigenvalue weighted by Crippen LogP contribution is -2.05. The zero-order valence-corrected chi connectivity index (χ0v) is 11.8. The number of nitrogens with zero attached hydrogens (tertiary/aromatic N) is 4. The van der Waals surface area contributed by atoms with Crippen LogP contribution < -0.4 is 5.48 Å². The molecule has 1 fully saturated rings. The van der Waals surface area contributed by atoms with Crippen molar-refractivity contribution in [2.45, 2.75) is 32.2 Å². The Kier molecular flexibility index (Phi) is 2.78. The summed E-state index contributed by atoms with van der Waals surface area (Å²) in [6.45, 7) is 2.77. The highest BCUT2D eigenvalue weighted by atomic mass is 16.5. The summed E-state index contributed by atoms with van der Waals surface area (Å²) in [5.41, 5.74) is 5.51. The van der Waals surface area contributed by atoms with Gasteiger partial charge >= 0.3 is 0 Å². The van der Waals surface area contributed by atoms with Gasteiger partial charge in [-0.3, -0.25) is 10.2 Å². The summed E-state index contributed by atoms with van der Waals surface area (Å²) in [5, 5.41) is 13.7. The Morgan fingerprint density at radius 1 is 1.43 bits per heavy atom. The molecule has 2 N–H and O–H groups in total. The molecule has 0 bridgehead atoms. The Balaban J connectivity index is 1.81. The van der Waals surface area contributed by atoms with Gasteiger partial charge < -0.3 is 0 Å². The van der Waals surface area contributed by atoms with Crippen molar-refractivity contribution in [1.29, 1.82) is 0 Å². The van der Waals surface area contributed by atoms with Gasteiger partial charge in [0.1, 0.15) is 0 Å². The molecule has 2 aromatic heterocycles. The predicted octanol–water partition coefficient (Wildman–Crippen LogP) is 2.68. The molecule has 0 aromatic carbocycles. The monoisotopic (exact) mass is 283 g/mol. The molecule has 2 aromatic rings. The van der Waals surface area contributed by atoms with Crippen LogP contribution in [0.25, 0.3) is 17.5 Å². The SMILES string of the molecule is CCCn1nc(-c2cncc3c2C=CC2CC32)nc1NO. The second-order valence-corrected chi connectivity index (χ2v) is 5.65. The van der Waals surface area contributed by atoms with E-state index < -0.39 is 0 Å². The lowest BCUT2D eigenvalue weighted by atomic mass is 9.95. The smallest absolute Gasteiger partial charge is 0.245 e. The van der Waals surface area contributed by atoms with Crippen LogP contribution in [0.3, 0.4) is 0 Å². The van der Waals surface area contributed by atoms with Crippen molar-refractivity contribution in [3.8, 4) is 11.4 Å². The quantitative estimate of drug-likeness (QED) is 0.844. The Morgan fingerprint density at radius 2 is 2.33 bits per heavy atom. The third-order valence-electron chi connectivity index (χ3n) is 4.22. The highest BCUT2D eigenvalue weighted by molar-refractivity contribution is 5.75. The molecule has 2 aliphatic carbocycles. The number of aryl methyl sites for hydroxylation is 1. The van der Waals surface area contributed by atoms with Crippen LogP contribution in [0.5, 0.6) is 0 Å². The average Bonchev–Trinajstić information content (AvgIpc) is 3.21. The number of allylic oxidation sites excluding steroid dienone is 1. The topological polar surface area (TPSA) is 75.9 Å². The lowest BCUT2D eigenvalue weighted by molar-refractivity contribution is 0.375. The van der Waals surface area contributed by atoms with E-state index in [1.807, 2.05) is 6.20 Å². The summed E-state index contributed by atoms with van der Waals surface area (Å²) in [5.74, 6) is 2.28. The zero-order valence-electron chi connectivity index (χ0n) is 11.8. The highest BCUT2D eigenvalue weighted by Crippen LogP contribution is 2.53. The largest absolute Gasteiger partial charge is 0.288 e. The van der Waals surface area contributed by atoms with Gasteiger partial charge in [0, 0.05) is 24.5 Å². The van der Waals surface area contributed by atoms with Gasteiger partial charge in [0.25, 0.3) is 0 Å². The minimum Gasteiger partial charge on any atom is -0.288 e. The Bertz CT molecular complexity index is 721. The average molecular weight is 283 g/mol. The molecule has 2 unspecified atom stereocenters. The molecule has 4 rings (SSSR count). The van der Waals surface area contributed by atoms with Crippen LogP contribution >= 0.6 is 0 Å². The summed E-state index contributed by atoms with van der Waals surface area (Å²) in [7, 11) is 0. The van der Waals surface area contributed by atoms with Crippen LogP contribution in [0.15, 0.2) is 18.5 Å². The van der Waals surface area contributed by atoms with Crippen molar-refractivity contribution in [1.82, 2.24) is 19.7 Å². The molecule has 6 nitrogen and oxygen atoms in total. The number of hydrogen-bond acceptors (Lipinski definition) is 5. The van der Waals surface area contributed by atoms with Gasteiger partial charge in [0.2, 0.25) is 5.95 Å². The van der Waals surface area contributed by atoms with Crippen molar-refractivity contribution in [2.75, 3.05) is 5.48 Å². The summed E-state index contributed by atoms with van der Waals surface area (Å²) in [6, 6.07) is 0. The Morgan fingerprint density at radius 3 is 3.14 bits per heavy atom. The van der Waals surface area contributed by atoms with E-state index in [-0.39, 0.29) is 0 Å². The molecule has 0 radical (unpaired) electrons. The number of nitrogens with one attached hydrogen (secondary N) is 1. The molecule has 2 atom stereocenters. The molecule has 0 spiro atoms. The number of hydrogen-bond donors (Lipinski definition) is 2. The summed E-state index contributed by atoms with van der Waals surface area (Å²) >= 11 is 0. The fourth-order valence-corrected chi connectivity index (χ4v) is 3.06. The third kappa shape index (κ3) is 1.94. The molecule has 2 aliphatic rings. The van der Waals surface area contributed by atoms with E-state index in [2.05, 4.69) is 39.6 Å². The number of aromatic nitrogens is 4. The minimum absolute atomic E-state index is 0.369. The Labute approximate surface area is 122 Å². The maximum absolute atomic E-state index is 9.19. The van der Waals surface area contributed by atoms with Gasteiger partial charge in [-0.25, -0.2) is 10.2 Å². The first-order chi connectivity index (χ1) is 10.3. The first kappa shape index (κ1) is 12.5. The standard InChI is InChI=1S/C15H17N5O/c1-2-5-20-15(19-21)17-14(18-20)13-8-16-7-12-10(13)4-3-9-6-11(9)12/h3-4,7-9,11,21H,2,5-6H2,1H3,(H,17,18,19). The molecule has 0 amide bonds. The van der Waals surface area contributed by atoms with Crippen LogP contribution in [-0.2, 0) is 6.54 Å². The van der Waals surface area contributed by atoms with Crippen LogP contribution in [0.4, 0.5) is 5.95 Å². The van der Waals surface area contributed by atoms with E-state index in [1.165, 1.54) is 17.5 Å². The lowest BCUT2D eigenvalue weighted by Gasteiger charge is -2.11. The molecular weight excluding hydrogens is 266 g/mol. The van der Waals surface area contributed by atoms with E-state index in [4.69, 9.17) is 0 Å². The summed E-state index contributed by atoms with van der Waals surface area (Å²) in [4.78, 5) is 8.74. The van der Waals surface area contributed by atoms with Gasteiger partial charge in [-0.05, 0) is 35.8 Å². The van der Waals surface area contributed by atoms with Crippen LogP contribution in [0, 0.1) is 5.92 Å². The molecule has 21 heavy (non-hydrogen) atoms. The van der Waals surface area contributed by atoms with E-state index in [0.29, 0.717) is 30.2 Å². The van der Waals surface area contributed by atoms with Crippen molar-refractivity contribution in [2.24, 2.45) is 5.92 Å². The van der Waals surface area contributed by atoms with Gasteiger partial charge in [-0.1, -0.05) is 19.1 Å². The molecule has 2 heterocycles. The molecule has 108 valence electrons. The number of pyridine rings is 1.